The number of benzene rings is 1. The first-order chi connectivity index (χ1) is 16.8. The van der Waals surface area contributed by atoms with Gasteiger partial charge in [0.15, 0.2) is 0 Å². The summed E-state index contributed by atoms with van der Waals surface area (Å²) in [6, 6.07) is 12.3. The monoisotopic (exact) mass is 481 g/mol. The lowest BCUT2D eigenvalue weighted by Crippen LogP contribution is -2.23. The average molecular weight is 482 g/mol. The van der Waals surface area contributed by atoms with Crippen LogP contribution >= 0.6 is 11.3 Å². The van der Waals surface area contributed by atoms with Gasteiger partial charge in [-0.2, -0.15) is 0 Å². The highest BCUT2D eigenvalue weighted by atomic mass is 32.1. The summed E-state index contributed by atoms with van der Waals surface area (Å²) in [6.07, 6.45) is 17.9. The van der Waals surface area contributed by atoms with Gasteiger partial charge in [-0.25, -0.2) is 4.98 Å². The Kier molecular flexibility index (Phi) is 12.2. The second-order valence-corrected chi connectivity index (χ2v) is 10.3. The zero-order chi connectivity index (χ0) is 23.8. The van der Waals surface area contributed by atoms with E-state index in [1.807, 2.05) is 17.5 Å². The van der Waals surface area contributed by atoms with Gasteiger partial charge >= 0.3 is 0 Å². The van der Waals surface area contributed by atoms with E-state index in [-0.39, 0.29) is 5.91 Å². The number of carbonyl (C=O) groups is 1. The van der Waals surface area contributed by atoms with Crippen molar-refractivity contribution in [3.8, 4) is 0 Å². The molecule has 0 saturated heterocycles. The van der Waals surface area contributed by atoms with Crippen LogP contribution in [0.3, 0.4) is 0 Å². The molecule has 2 aromatic heterocycles. The molecule has 1 aromatic carbocycles. The average Bonchev–Trinajstić information content (AvgIpc) is 3.51. The number of imidazole rings is 1. The van der Waals surface area contributed by atoms with Gasteiger partial charge < -0.3 is 9.88 Å². The number of nitrogens with one attached hydrogen (secondary N) is 1. The highest BCUT2D eigenvalue weighted by molar-refractivity contribution is 7.12. The first-order valence-electron chi connectivity index (χ1n) is 13.6. The maximum atomic E-state index is 12.0. The molecule has 0 spiro atoms. The van der Waals surface area contributed by atoms with E-state index in [1.165, 1.54) is 86.9 Å². The number of aromatic nitrogens is 2. The molecule has 186 valence electrons. The fourth-order valence-corrected chi connectivity index (χ4v) is 5.24. The molecular formula is C29H43N3OS. The third kappa shape index (κ3) is 8.90. The van der Waals surface area contributed by atoms with Crippen LogP contribution in [0.2, 0.25) is 0 Å². The summed E-state index contributed by atoms with van der Waals surface area (Å²) >= 11 is 1.49. The van der Waals surface area contributed by atoms with Gasteiger partial charge in [-0.15, -0.1) is 11.3 Å². The minimum atomic E-state index is 0.0493. The van der Waals surface area contributed by atoms with Crippen LogP contribution in [0, 0.1) is 0 Å². The minimum Gasteiger partial charge on any atom is -0.351 e. The number of amides is 1. The van der Waals surface area contributed by atoms with Crippen LogP contribution in [-0.4, -0.2) is 22.0 Å². The number of nitrogens with zero attached hydrogens (tertiary/aromatic N) is 2. The Morgan fingerprint density at radius 1 is 0.853 bits per heavy atom. The second-order valence-electron chi connectivity index (χ2n) is 9.39. The SMILES string of the molecule is CCCCCCCCCCCCn1c(CCCCCNC(=O)c2cccs2)nc2ccccc21. The summed E-state index contributed by atoms with van der Waals surface area (Å²) in [5.74, 6) is 1.27. The van der Waals surface area contributed by atoms with Crippen molar-refractivity contribution in [2.45, 2.75) is 103 Å². The molecule has 0 aliphatic carbocycles. The van der Waals surface area contributed by atoms with E-state index in [9.17, 15) is 4.79 Å². The molecule has 0 saturated carbocycles. The normalized spacial score (nSPS) is 11.3. The molecule has 0 atom stereocenters. The Morgan fingerprint density at radius 2 is 1.56 bits per heavy atom. The largest absolute Gasteiger partial charge is 0.351 e. The molecule has 1 amide bonds. The molecule has 0 unspecified atom stereocenters. The molecule has 5 heteroatoms. The topological polar surface area (TPSA) is 46.9 Å². The van der Waals surface area contributed by atoms with E-state index >= 15 is 0 Å². The number of unbranched alkanes of at least 4 members (excludes halogenated alkanes) is 11. The fourth-order valence-electron chi connectivity index (χ4n) is 4.60. The van der Waals surface area contributed by atoms with Crippen LogP contribution in [0.5, 0.6) is 0 Å². The maximum Gasteiger partial charge on any atom is 0.261 e. The van der Waals surface area contributed by atoms with Crippen LogP contribution in [0.1, 0.15) is 106 Å². The molecule has 4 nitrogen and oxygen atoms in total. The molecular weight excluding hydrogens is 438 g/mol. The number of para-hydroxylation sites is 2. The Morgan fingerprint density at radius 3 is 2.29 bits per heavy atom. The predicted molar refractivity (Wildman–Crippen MR) is 146 cm³/mol. The lowest BCUT2D eigenvalue weighted by molar-refractivity contribution is 0.0957. The Labute approximate surface area is 210 Å². The van der Waals surface area contributed by atoms with E-state index in [1.54, 1.807) is 0 Å². The zero-order valence-electron chi connectivity index (χ0n) is 21.1. The van der Waals surface area contributed by atoms with Crippen LogP contribution in [0.4, 0.5) is 0 Å². The van der Waals surface area contributed by atoms with E-state index in [2.05, 4.69) is 41.1 Å². The maximum absolute atomic E-state index is 12.0. The number of rotatable bonds is 18. The molecule has 0 radical (unpaired) electrons. The van der Waals surface area contributed by atoms with Crippen molar-refractivity contribution in [2.75, 3.05) is 6.54 Å². The second kappa shape index (κ2) is 15.7. The van der Waals surface area contributed by atoms with Gasteiger partial charge in [-0.3, -0.25) is 4.79 Å². The Bertz CT molecular complexity index is 948. The van der Waals surface area contributed by atoms with Gasteiger partial charge in [-0.1, -0.05) is 89.3 Å². The lowest BCUT2D eigenvalue weighted by atomic mass is 10.1. The quantitative estimate of drug-likeness (QED) is 0.186. The van der Waals surface area contributed by atoms with Crippen molar-refractivity contribution in [1.82, 2.24) is 14.9 Å². The molecule has 0 aliphatic rings. The standard InChI is InChI=1S/C29H43N3OS/c1-2-3-4-5-6-7-8-9-10-16-23-32-26-19-14-13-18-25(26)31-28(32)21-12-11-15-22-30-29(33)27-20-17-24-34-27/h13-14,17-20,24H,2-12,15-16,21-23H2,1H3,(H,30,33). The highest BCUT2D eigenvalue weighted by Gasteiger charge is 2.10. The van der Waals surface area contributed by atoms with Crippen LogP contribution < -0.4 is 5.32 Å². The van der Waals surface area contributed by atoms with Gasteiger partial charge in [0.25, 0.3) is 5.91 Å². The van der Waals surface area contributed by atoms with Crippen molar-refractivity contribution in [2.24, 2.45) is 0 Å². The predicted octanol–water partition coefficient (Wildman–Crippen LogP) is 8.16. The first kappa shape index (κ1) is 26.5. The number of hydrogen-bond acceptors (Lipinski definition) is 3. The van der Waals surface area contributed by atoms with Gasteiger partial charge in [0.05, 0.1) is 15.9 Å². The fraction of sp³-hybridized carbons (Fsp3) is 0.586. The molecule has 0 fully saturated rings. The summed E-state index contributed by atoms with van der Waals surface area (Å²) < 4.78 is 2.46. The van der Waals surface area contributed by atoms with Gasteiger partial charge in [0, 0.05) is 19.5 Å². The number of aryl methyl sites for hydroxylation is 2. The molecule has 1 N–H and O–H groups in total. The van der Waals surface area contributed by atoms with E-state index in [0.717, 1.165) is 49.2 Å². The van der Waals surface area contributed by atoms with Crippen molar-refractivity contribution < 1.29 is 4.79 Å². The summed E-state index contributed by atoms with van der Waals surface area (Å²) in [5, 5.41) is 4.97. The number of fused-ring (bicyclic) bond motifs is 1. The molecule has 0 aliphatic heterocycles. The third-order valence-corrected chi connectivity index (χ3v) is 7.45. The zero-order valence-corrected chi connectivity index (χ0v) is 21.9. The molecule has 2 heterocycles. The summed E-state index contributed by atoms with van der Waals surface area (Å²) in [7, 11) is 0. The van der Waals surface area contributed by atoms with Crippen LogP contribution in [-0.2, 0) is 13.0 Å². The molecule has 0 bridgehead atoms. The van der Waals surface area contributed by atoms with E-state index in [4.69, 9.17) is 4.98 Å². The molecule has 34 heavy (non-hydrogen) atoms. The number of carbonyl (C=O) groups excluding carboxylic acids is 1. The van der Waals surface area contributed by atoms with E-state index < -0.39 is 0 Å². The summed E-state index contributed by atoms with van der Waals surface area (Å²) in [4.78, 5) is 17.8. The molecule has 3 aromatic rings. The number of hydrogen-bond donors (Lipinski definition) is 1. The first-order valence-corrected chi connectivity index (χ1v) is 14.4. The lowest BCUT2D eigenvalue weighted by Gasteiger charge is -2.10. The number of thiophene rings is 1. The van der Waals surface area contributed by atoms with E-state index in [0.29, 0.717) is 0 Å². The smallest absolute Gasteiger partial charge is 0.261 e. The Hall–Kier alpha value is -2.14. The Balaban J connectivity index is 1.35. The summed E-state index contributed by atoms with van der Waals surface area (Å²) in [5.41, 5.74) is 2.39. The molecule has 3 rings (SSSR count). The van der Waals surface area contributed by atoms with Crippen molar-refractivity contribution in [3.05, 3.63) is 52.5 Å². The van der Waals surface area contributed by atoms with Crippen LogP contribution in [0.25, 0.3) is 11.0 Å². The van der Waals surface area contributed by atoms with Crippen LogP contribution in [0.15, 0.2) is 41.8 Å². The van der Waals surface area contributed by atoms with Gasteiger partial charge in [0.1, 0.15) is 5.82 Å². The van der Waals surface area contributed by atoms with Crippen molar-refractivity contribution >= 4 is 28.3 Å². The summed E-state index contributed by atoms with van der Waals surface area (Å²) in [6.45, 7) is 4.10. The van der Waals surface area contributed by atoms with Gasteiger partial charge in [0.2, 0.25) is 0 Å². The van der Waals surface area contributed by atoms with Crippen molar-refractivity contribution in [1.29, 1.82) is 0 Å². The van der Waals surface area contributed by atoms with Gasteiger partial charge in [-0.05, 0) is 42.8 Å². The minimum absolute atomic E-state index is 0.0493. The highest BCUT2D eigenvalue weighted by Crippen LogP contribution is 2.19. The van der Waals surface area contributed by atoms with Crippen molar-refractivity contribution in [3.63, 3.8) is 0 Å². The third-order valence-electron chi connectivity index (χ3n) is 6.58.